The molecule has 0 spiro atoms. The van der Waals surface area contributed by atoms with Crippen molar-refractivity contribution in [3.8, 4) is 11.5 Å². The largest absolute Gasteiger partial charge is 0.454 e. The molecule has 0 bridgehead atoms. The molecule has 0 amide bonds. The van der Waals surface area contributed by atoms with Crippen LogP contribution in [0.5, 0.6) is 11.5 Å². The van der Waals surface area contributed by atoms with Crippen molar-refractivity contribution in [1.82, 2.24) is 20.6 Å². The molecule has 2 aromatic carbocycles. The lowest BCUT2D eigenvalue weighted by molar-refractivity contribution is -0.384. The molecule has 0 aliphatic carbocycles. The Balaban J connectivity index is 1.66. The SMILES string of the molecule is O=[N+]([O-])c1ccc(C2=NN=C(c3nn[nH]n3)Cc3cc4c(cc32)OCO4)cc1. The lowest BCUT2D eigenvalue weighted by Crippen LogP contribution is -2.09. The third-order valence-corrected chi connectivity index (χ3v) is 4.44. The van der Waals surface area contributed by atoms with Crippen molar-refractivity contribution in [2.75, 3.05) is 6.79 Å². The van der Waals surface area contributed by atoms with Gasteiger partial charge >= 0.3 is 0 Å². The molecule has 138 valence electrons. The molecule has 11 heteroatoms. The number of aromatic amines is 1. The monoisotopic (exact) mass is 377 g/mol. The maximum absolute atomic E-state index is 10.9. The molecule has 1 N–H and O–H groups in total. The Bertz CT molecular complexity index is 1140. The fourth-order valence-corrected chi connectivity index (χ4v) is 3.09. The number of nitro groups is 1. The molecule has 0 fully saturated rings. The number of nitrogens with one attached hydrogen (secondary N) is 1. The van der Waals surface area contributed by atoms with E-state index in [9.17, 15) is 10.1 Å². The topological polar surface area (TPSA) is 141 Å². The molecule has 11 nitrogen and oxygen atoms in total. The zero-order valence-electron chi connectivity index (χ0n) is 14.2. The van der Waals surface area contributed by atoms with Gasteiger partial charge in [0.1, 0.15) is 11.4 Å². The first-order chi connectivity index (χ1) is 13.7. The predicted octanol–water partition coefficient (Wildman–Crippen LogP) is 1.63. The van der Waals surface area contributed by atoms with Gasteiger partial charge in [0.25, 0.3) is 5.69 Å². The lowest BCUT2D eigenvalue weighted by Gasteiger charge is -2.10. The van der Waals surface area contributed by atoms with Gasteiger partial charge in [-0.15, -0.1) is 15.3 Å². The van der Waals surface area contributed by atoms with Gasteiger partial charge in [-0.05, 0) is 35.0 Å². The summed E-state index contributed by atoms with van der Waals surface area (Å²) in [7, 11) is 0. The quantitative estimate of drug-likeness (QED) is 0.540. The van der Waals surface area contributed by atoms with Gasteiger partial charge in [-0.25, -0.2) is 0 Å². The number of H-pyrrole nitrogens is 1. The number of non-ortho nitro benzene ring substituents is 1. The van der Waals surface area contributed by atoms with Crippen LogP contribution >= 0.6 is 0 Å². The number of tetrazole rings is 1. The van der Waals surface area contributed by atoms with E-state index >= 15 is 0 Å². The van der Waals surface area contributed by atoms with E-state index in [1.165, 1.54) is 12.1 Å². The molecular weight excluding hydrogens is 366 g/mol. The van der Waals surface area contributed by atoms with Crippen LogP contribution in [-0.4, -0.2) is 43.8 Å². The molecule has 1 aromatic heterocycles. The minimum absolute atomic E-state index is 0.000121. The molecule has 0 saturated heterocycles. The van der Waals surface area contributed by atoms with Crippen molar-refractivity contribution in [3.63, 3.8) is 0 Å². The van der Waals surface area contributed by atoms with Gasteiger partial charge in [-0.1, -0.05) is 0 Å². The van der Waals surface area contributed by atoms with E-state index in [2.05, 4.69) is 30.8 Å². The number of hydrogen-bond donors (Lipinski definition) is 1. The number of benzene rings is 2. The van der Waals surface area contributed by atoms with Crippen molar-refractivity contribution in [3.05, 3.63) is 69.0 Å². The van der Waals surface area contributed by atoms with E-state index in [1.54, 1.807) is 12.1 Å². The molecule has 0 saturated carbocycles. The van der Waals surface area contributed by atoms with E-state index in [0.29, 0.717) is 40.7 Å². The zero-order valence-corrected chi connectivity index (χ0v) is 14.2. The number of fused-ring (bicyclic) bond motifs is 2. The van der Waals surface area contributed by atoms with Gasteiger partial charge in [0.05, 0.1) is 4.92 Å². The number of ether oxygens (including phenoxy) is 2. The highest BCUT2D eigenvalue weighted by Gasteiger charge is 2.25. The van der Waals surface area contributed by atoms with Crippen molar-refractivity contribution < 1.29 is 14.4 Å². The van der Waals surface area contributed by atoms with Gasteiger partial charge in [0.2, 0.25) is 12.6 Å². The van der Waals surface area contributed by atoms with Crippen LogP contribution in [0.25, 0.3) is 0 Å². The van der Waals surface area contributed by atoms with E-state index in [4.69, 9.17) is 9.47 Å². The average molecular weight is 377 g/mol. The Kier molecular flexibility index (Phi) is 3.57. The van der Waals surface area contributed by atoms with Gasteiger partial charge in [-0.3, -0.25) is 10.1 Å². The highest BCUT2D eigenvalue weighted by Crippen LogP contribution is 2.37. The summed E-state index contributed by atoms with van der Waals surface area (Å²) < 4.78 is 11.0. The molecule has 2 aliphatic heterocycles. The third kappa shape index (κ3) is 2.65. The Hall–Kier alpha value is -4.15. The summed E-state index contributed by atoms with van der Waals surface area (Å²) in [5.74, 6) is 1.59. The summed E-state index contributed by atoms with van der Waals surface area (Å²) in [5, 5.41) is 33.6. The minimum atomic E-state index is -0.447. The summed E-state index contributed by atoms with van der Waals surface area (Å²) in [5.41, 5.74) is 3.46. The van der Waals surface area contributed by atoms with Crippen molar-refractivity contribution >= 4 is 17.1 Å². The van der Waals surface area contributed by atoms with Crippen LogP contribution in [-0.2, 0) is 6.42 Å². The van der Waals surface area contributed by atoms with E-state index in [1.807, 2.05) is 12.1 Å². The van der Waals surface area contributed by atoms with Crippen LogP contribution < -0.4 is 9.47 Å². The van der Waals surface area contributed by atoms with E-state index in [-0.39, 0.29) is 12.5 Å². The summed E-state index contributed by atoms with van der Waals surface area (Å²) in [6.07, 6.45) is 0.408. The van der Waals surface area contributed by atoms with Crippen molar-refractivity contribution in [2.45, 2.75) is 6.42 Å². The second kappa shape index (κ2) is 6.23. The first-order valence-electron chi connectivity index (χ1n) is 8.25. The summed E-state index contributed by atoms with van der Waals surface area (Å²) in [6, 6.07) is 9.85. The number of aromatic nitrogens is 4. The van der Waals surface area contributed by atoms with Gasteiger partial charge in [0, 0.05) is 29.7 Å². The van der Waals surface area contributed by atoms with Crippen LogP contribution in [0.2, 0.25) is 0 Å². The first kappa shape index (κ1) is 16.1. The van der Waals surface area contributed by atoms with Crippen LogP contribution in [0.3, 0.4) is 0 Å². The fraction of sp³-hybridized carbons (Fsp3) is 0.118. The molecular formula is C17H11N7O4. The molecule has 28 heavy (non-hydrogen) atoms. The standard InChI is InChI=1S/C17H11N7O4/c25-24(26)11-3-1-9(2-4-11)16-12-7-15-14(27-8-28-15)6-10(12)5-13(18-19-16)17-20-22-23-21-17/h1-4,6-7H,5,8H2,(H,20,21,22,23). The highest BCUT2D eigenvalue weighted by atomic mass is 16.7. The molecule has 3 heterocycles. The maximum atomic E-state index is 10.9. The molecule has 3 aromatic rings. The summed E-state index contributed by atoms with van der Waals surface area (Å²) in [4.78, 5) is 10.5. The Morgan fingerprint density at radius 1 is 1.07 bits per heavy atom. The summed E-state index contributed by atoms with van der Waals surface area (Å²) in [6.45, 7) is 0.147. The van der Waals surface area contributed by atoms with E-state index in [0.717, 1.165) is 11.1 Å². The first-order valence-corrected chi connectivity index (χ1v) is 8.25. The number of nitrogens with zero attached hydrogens (tertiary/aromatic N) is 6. The molecule has 0 unspecified atom stereocenters. The highest BCUT2D eigenvalue weighted by molar-refractivity contribution is 6.16. The van der Waals surface area contributed by atoms with Crippen molar-refractivity contribution in [1.29, 1.82) is 0 Å². The van der Waals surface area contributed by atoms with Crippen LogP contribution in [0.4, 0.5) is 5.69 Å². The van der Waals surface area contributed by atoms with E-state index < -0.39 is 4.92 Å². The number of hydrogen-bond acceptors (Lipinski definition) is 9. The fourth-order valence-electron chi connectivity index (χ4n) is 3.09. The second-order valence-corrected chi connectivity index (χ2v) is 6.07. The van der Waals surface area contributed by atoms with Crippen molar-refractivity contribution in [2.24, 2.45) is 10.2 Å². The Morgan fingerprint density at radius 2 is 1.86 bits per heavy atom. The normalized spacial score (nSPS) is 14.7. The number of nitro benzene ring substituents is 1. The smallest absolute Gasteiger partial charge is 0.269 e. The molecule has 0 radical (unpaired) electrons. The van der Waals surface area contributed by atoms with Crippen LogP contribution in [0, 0.1) is 10.1 Å². The Morgan fingerprint density at radius 3 is 2.57 bits per heavy atom. The van der Waals surface area contributed by atoms with Gasteiger partial charge < -0.3 is 9.47 Å². The maximum Gasteiger partial charge on any atom is 0.269 e. The van der Waals surface area contributed by atoms with Gasteiger partial charge in [-0.2, -0.15) is 10.3 Å². The molecule has 2 aliphatic rings. The van der Waals surface area contributed by atoms with Gasteiger partial charge in [0.15, 0.2) is 11.5 Å². The van der Waals surface area contributed by atoms with Crippen LogP contribution in [0.15, 0.2) is 46.6 Å². The lowest BCUT2D eigenvalue weighted by atomic mass is 9.94. The predicted molar refractivity (Wildman–Crippen MR) is 95.7 cm³/mol. The zero-order chi connectivity index (χ0) is 19.1. The number of rotatable bonds is 3. The average Bonchev–Trinajstić information content (AvgIpc) is 3.35. The third-order valence-electron chi connectivity index (χ3n) is 4.44. The Labute approximate surface area is 156 Å². The second-order valence-electron chi connectivity index (χ2n) is 6.07. The minimum Gasteiger partial charge on any atom is -0.454 e. The van der Waals surface area contributed by atoms with Crippen LogP contribution in [0.1, 0.15) is 22.5 Å². The molecule has 0 atom stereocenters. The summed E-state index contributed by atoms with van der Waals surface area (Å²) >= 11 is 0. The molecule has 5 rings (SSSR count).